The minimum absolute atomic E-state index is 0.00821. The maximum Gasteiger partial charge on any atom is 0.255 e. The van der Waals surface area contributed by atoms with Crippen LogP contribution in [0.3, 0.4) is 0 Å². The molecule has 2 aromatic rings. The van der Waals surface area contributed by atoms with E-state index in [4.69, 9.17) is 4.74 Å². The average molecular weight is 391 g/mol. The van der Waals surface area contributed by atoms with Crippen LogP contribution in [0.1, 0.15) is 27.9 Å². The molecule has 1 aliphatic rings. The van der Waals surface area contributed by atoms with E-state index in [0.29, 0.717) is 30.0 Å². The van der Waals surface area contributed by atoms with Crippen LogP contribution in [0.25, 0.3) is 0 Å². The number of carbonyl (C=O) groups is 1. The Morgan fingerprint density at radius 1 is 1.19 bits per heavy atom. The Balaban J connectivity index is 1.83. The minimum Gasteiger partial charge on any atom is -0.381 e. The molecule has 1 atom stereocenters. The Bertz CT molecular complexity index is 966. The van der Waals surface area contributed by atoms with Crippen LogP contribution in [0.15, 0.2) is 41.3 Å². The zero-order valence-corrected chi connectivity index (χ0v) is 16.1. The van der Waals surface area contributed by atoms with Gasteiger partial charge in [-0.3, -0.25) is 4.79 Å². The third-order valence-electron chi connectivity index (χ3n) is 4.71. The zero-order valence-electron chi connectivity index (χ0n) is 15.3. The number of carbonyl (C=O) groups excluding carboxylic acids is 1. The summed E-state index contributed by atoms with van der Waals surface area (Å²) in [5, 5.41) is 2.70. The molecule has 0 radical (unpaired) electrons. The highest BCUT2D eigenvalue weighted by atomic mass is 32.2. The number of amides is 1. The van der Waals surface area contributed by atoms with Gasteiger partial charge < -0.3 is 10.1 Å². The summed E-state index contributed by atoms with van der Waals surface area (Å²) in [5.41, 5.74) is 1.81. The molecule has 0 aromatic heterocycles. The zero-order chi connectivity index (χ0) is 19.6. The average Bonchev–Trinajstić information content (AvgIpc) is 3.10. The van der Waals surface area contributed by atoms with Gasteiger partial charge in [0.2, 0.25) is 0 Å². The fraction of sp³-hybridized carbons (Fsp3) is 0.350. The number of aryl methyl sites for hydroxylation is 2. The van der Waals surface area contributed by atoms with E-state index >= 15 is 0 Å². The fourth-order valence-corrected chi connectivity index (χ4v) is 4.73. The maximum atomic E-state index is 13.4. The van der Waals surface area contributed by atoms with Gasteiger partial charge in [-0.05, 0) is 67.6 Å². The van der Waals surface area contributed by atoms with E-state index in [1.807, 2.05) is 0 Å². The molecule has 3 rings (SSSR count). The molecular formula is C20H22FNO4S. The van der Waals surface area contributed by atoms with Gasteiger partial charge in [-0.15, -0.1) is 0 Å². The van der Waals surface area contributed by atoms with E-state index in [2.05, 4.69) is 5.32 Å². The van der Waals surface area contributed by atoms with Gasteiger partial charge in [-0.25, -0.2) is 12.8 Å². The van der Waals surface area contributed by atoms with Gasteiger partial charge in [0.15, 0.2) is 9.84 Å². The monoisotopic (exact) mass is 391 g/mol. The molecule has 1 fully saturated rings. The Labute approximate surface area is 158 Å². The molecule has 5 nitrogen and oxygen atoms in total. The molecule has 1 N–H and O–H groups in total. The summed E-state index contributed by atoms with van der Waals surface area (Å²) >= 11 is 0. The number of sulfone groups is 1. The molecule has 144 valence electrons. The SMILES string of the molecule is Cc1cc(NC(=O)c2cc(S(=O)(=O)C[C@H]3CCOC3)ccc2C)ccc1F. The van der Waals surface area contributed by atoms with Crippen molar-refractivity contribution in [2.24, 2.45) is 5.92 Å². The van der Waals surface area contributed by atoms with E-state index in [9.17, 15) is 17.6 Å². The highest BCUT2D eigenvalue weighted by molar-refractivity contribution is 7.91. The molecule has 0 unspecified atom stereocenters. The van der Waals surface area contributed by atoms with Gasteiger partial charge in [0.05, 0.1) is 17.3 Å². The van der Waals surface area contributed by atoms with Crippen molar-refractivity contribution in [2.45, 2.75) is 25.2 Å². The second-order valence-corrected chi connectivity index (χ2v) is 8.94. The predicted molar refractivity (Wildman–Crippen MR) is 101 cm³/mol. The third kappa shape index (κ3) is 4.54. The number of hydrogen-bond acceptors (Lipinski definition) is 4. The lowest BCUT2D eigenvalue weighted by atomic mass is 10.1. The molecule has 0 spiro atoms. The third-order valence-corrected chi connectivity index (χ3v) is 6.59. The van der Waals surface area contributed by atoms with Crippen LogP contribution < -0.4 is 5.32 Å². The lowest BCUT2D eigenvalue weighted by Gasteiger charge is -2.12. The summed E-state index contributed by atoms with van der Waals surface area (Å²) in [6.45, 7) is 4.38. The maximum absolute atomic E-state index is 13.4. The molecule has 1 aliphatic heterocycles. The first-order valence-electron chi connectivity index (χ1n) is 8.75. The molecule has 1 amide bonds. The van der Waals surface area contributed by atoms with Crippen LogP contribution in [-0.2, 0) is 14.6 Å². The Morgan fingerprint density at radius 3 is 2.63 bits per heavy atom. The van der Waals surface area contributed by atoms with Crippen LogP contribution >= 0.6 is 0 Å². The van der Waals surface area contributed by atoms with Crippen molar-refractivity contribution >= 4 is 21.4 Å². The molecule has 27 heavy (non-hydrogen) atoms. The molecule has 1 saturated heterocycles. The topological polar surface area (TPSA) is 72.5 Å². The summed E-state index contributed by atoms with van der Waals surface area (Å²) in [6.07, 6.45) is 0.725. The van der Waals surface area contributed by atoms with Gasteiger partial charge in [0, 0.05) is 17.9 Å². The van der Waals surface area contributed by atoms with E-state index in [1.165, 1.54) is 30.3 Å². The Morgan fingerprint density at radius 2 is 1.96 bits per heavy atom. The van der Waals surface area contributed by atoms with Crippen molar-refractivity contribution in [1.29, 1.82) is 0 Å². The molecule has 0 aliphatic carbocycles. The lowest BCUT2D eigenvalue weighted by Crippen LogP contribution is -2.18. The van der Waals surface area contributed by atoms with Crippen molar-refractivity contribution in [3.05, 3.63) is 58.9 Å². The van der Waals surface area contributed by atoms with Crippen molar-refractivity contribution in [3.63, 3.8) is 0 Å². The summed E-state index contributed by atoms with van der Waals surface area (Å²) in [6, 6.07) is 8.84. The summed E-state index contributed by atoms with van der Waals surface area (Å²) < 4.78 is 44.0. The van der Waals surface area contributed by atoms with Crippen LogP contribution in [0.4, 0.5) is 10.1 Å². The van der Waals surface area contributed by atoms with Gasteiger partial charge in [0.1, 0.15) is 5.82 Å². The number of nitrogens with one attached hydrogen (secondary N) is 1. The van der Waals surface area contributed by atoms with E-state index in [1.54, 1.807) is 19.9 Å². The fourth-order valence-electron chi connectivity index (χ4n) is 3.08. The minimum atomic E-state index is -3.51. The quantitative estimate of drug-likeness (QED) is 0.847. The van der Waals surface area contributed by atoms with E-state index in [0.717, 1.165) is 6.42 Å². The summed E-state index contributed by atoms with van der Waals surface area (Å²) in [7, 11) is -3.51. The smallest absolute Gasteiger partial charge is 0.255 e. The number of benzene rings is 2. The van der Waals surface area contributed by atoms with Crippen molar-refractivity contribution in [1.82, 2.24) is 0 Å². The number of hydrogen-bond donors (Lipinski definition) is 1. The Hall–Kier alpha value is -2.25. The van der Waals surface area contributed by atoms with E-state index in [-0.39, 0.29) is 27.9 Å². The molecule has 2 aromatic carbocycles. The normalized spacial score (nSPS) is 17.1. The van der Waals surface area contributed by atoms with Gasteiger partial charge in [-0.1, -0.05) is 6.07 Å². The van der Waals surface area contributed by atoms with E-state index < -0.39 is 15.7 Å². The summed E-state index contributed by atoms with van der Waals surface area (Å²) in [4.78, 5) is 12.8. The second kappa shape index (κ2) is 7.78. The standard InChI is InChI=1S/C20H22FNO4S/c1-13-3-5-17(27(24,25)12-15-7-8-26-11-15)10-18(13)20(23)22-16-4-6-19(21)14(2)9-16/h3-6,9-10,15H,7-8,11-12H2,1-2H3,(H,22,23)/t15-/m0/s1. The molecule has 1 heterocycles. The van der Waals surface area contributed by atoms with Crippen LogP contribution in [0.5, 0.6) is 0 Å². The molecule has 0 saturated carbocycles. The first-order valence-corrected chi connectivity index (χ1v) is 10.4. The predicted octanol–water partition coefficient (Wildman–Crippen LogP) is 3.51. The number of rotatable bonds is 5. The highest BCUT2D eigenvalue weighted by Crippen LogP contribution is 2.23. The summed E-state index contributed by atoms with van der Waals surface area (Å²) in [5.74, 6) is -0.794. The van der Waals surface area contributed by atoms with Crippen LogP contribution in [-0.4, -0.2) is 33.3 Å². The first-order chi connectivity index (χ1) is 12.8. The van der Waals surface area contributed by atoms with Crippen LogP contribution in [0.2, 0.25) is 0 Å². The number of halogens is 1. The largest absolute Gasteiger partial charge is 0.381 e. The Kier molecular flexibility index (Phi) is 5.62. The number of ether oxygens (including phenoxy) is 1. The molecule has 0 bridgehead atoms. The van der Waals surface area contributed by atoms with Crippen LogP contribution in [0, 0.1) is 25.6 Å². The first kappa shape index (κ1) is 19.5. The lowest BCUT2D eigenvalue weighted by molar-refractivity contribution is 0.102. The second-order valence-electron chi connectivity index (χ2n) is 6.91. The van der Waals surface area contributed by atoms with Crippen molar-refractivity contribution in [2.75, 3.05) is 24.3 Å². The van der Waals surface area contributed by atoms with Gasteiger partial charge in [-0.2, -0.15) is 0 Å². The molecule has 7 heteroatoms. The van der Waals surface area contributed by atoms with Gasteiger partial charge >= 0.3 is 0 Å². The highest BCUT2D eigenvalue weighted by Gasteiger charge is 2.25. The van der Waals surface area contributed by atoms with Crippen molar-refractivity contribution in [3.8, 4) is 0 Å². The van der Waals surface area contributed by atoms with Crippen molar-refractivity contribution < 1.29 is 22.3 Å². The van der Waals surface area contributed by atoms with Gasteiger partial charge in [0.25, 0.3) is 5.91 Å². The molecular weight excluding hydrogens is 369 g/mol. The number of anilines is 1.